The highest BCUT2D eigenvalue weighted by atomic mass is 16.5. The van der Waals surface area contributed by atoms with Gasteiger partial charge in [-0.1, -0.05) is 42.5 Å². The molecule has 0 heterocycles. The molecule has 0 N–H and O–H groups in total. The summed E-state index contributed by atoms with van der Waals surface area (Å²) in [5, 5.41) is 0. The Hall–Kier alpha value is -2.82. The molecule has 0 aliphatic heterocycles. The van der Waals surface area contributed by atoms with Crippen molar-refractivity contribution in [2.75, 3.05) is 6.61 Å². The maximum atomic E-state index is 12.8. The molecule has 156 valence electrons. The van der Waals surface area contributed by atoms with Crippen LogP contribution in [0.3, 0.4) is 0 Å². The summed E-state index contributed by atoms with van der Waals surface area (Å²) in [6.07, 6.45) is 0.236. The summed E-state index contributed by atoms with van der Waals surface area (Å²) in [5.41, 5.74) is 1.71. The lowest BCUT2D eigenvalue weighted by Gasteiger charge is -2.36. The first-order chi connectivity index (χ1) is 13.8. The third-order valence-corrected chi connectivity index (χ3v) is 4.45. The van der Waals surface area contributed by atoms with E-state index in [0.29, 0.717) is 19.8 Å². The zero-order valence-electron chi connectivity index (χ0n) is 17.8. The molecule has 0 spiro atoms. The van der Waals surface area contributed by atoms with Crippen molar-refractivity contribution in [2.24, 2.45) is 0 Å². The Morgan fingerprint density at radius 1 is 0.931 bits per heavy atom. The summed E-state index contributed by atoms with van der Waals surface area (Å²) in [6, 6.07) is 17.8. The Balaban J connectivity index is 2.03. The predicted octanol–water partition coefficient (Wildman–Crippen LogP) is 4.74. The summed E-state index contributed by atoms with van der Waals surface area (Å²) in [4.78, 5) is 26.2. The number of amides is 1. The van der Waals surface area contributed by atoms with Gasteiger partial charge in [-0.2, -0.15) is 0 Å². The van der Waals surface area contributed by atoms with Crippen molar-refractivity contribution in [2.45, 2.75) is 59.2 Å². The van der Waals surface area contributed by atoms with Gasteiger partial charge in [0.15, 0.2) is 0 Å². The number of rotatable bonds is 9. The molecular formula is C24H31NO4. The molecule has 29 heavy (non-hydrogen) atoms. The number of nitrogens with zero attached hydrogens (tertiary/aromatic N) is 1. The van der Waals surface area contributed by atoms with Crippen molar-refractivity contribution < 1.29 is 19.1 Å². The average molecular weight is 398 g/mol. The molecule has 2 aromatic rings. The van der Waals surface area contributed by atoms with Crippen LogP contribution in [0.25, 0.3) is 0 Å². The molecule has 1 amide bonds. The Morgan fingerprint density at radius 2 is 1.62 bits per heavy atom. The van der Waals surface area contributed by atoms with Crippen LogP contribution >= 0.6 is 0 Å². The highest BCUT2D eigenvalue weighted by molar-refractivity contribution is 5.81. The highest BCUT2D eigenvalue weighted by Gasteiger charge is 2.27. The van der Waals surface area contributed by atoms with Crippen LogP contribution in [0, 0.1) is 0 Å². The van der Waals surface area contributed by atoms with E-state index in [0.717, 1.165) is 16.9 Å². The molecule has 0 fully saturated rings. The van der Waals surface area contributed by atoms with Gasteiger partial charge in [0.1, 0.15) is 12.4 Å². The lowest BCUT2D eigenvalue weighted by atomic mass is 10.0. The van der Waals surface area contributed by atoms with Crippen LogP contribution < -0.4 is 4.74 Å². The number of ether oxygens (including phenoxy) is 2. The number of carbonyl (C=O) groups is 2. The second-order valence-electron chi connectivity index (χ2n) is 7.88. The fourth-order valence-electron chi connectivity index (χ4n) is 2.93. The minimum atomic E-state index is -0.368. The number of carbonyl (C=O) groups excluding carboxylic acids is 2. The fraction of sp³-hybridized carbons (Fsp3) is 0.417. The van der Waals surface area contributed by atoms with E-state index in [-0.39, 0.29) is 30.3 Å². The van der Waals surface area contributed by atoms with Crippen molar-refractivity contribution in [3.63, 3.8) is 0 Å². The topological polar surface area (TPSA) is 55.8 Å². The van der Waals surface area contributed by atoms with Gasteiger partial charge in [-0.05, 0) is 51.0 Å². The first kappa shape index (κ1) is 22.5. The van der Waals surface area contributed by atoms with Gasteiger partial charge in [-0.25, -0.2) is 0 Å². The maximum absolute atomic E-state index is 12.8. The third kappa shape index (κ3) is 7.60. The molecule has 0 saturated heterocycles. The van der Waals surface area contributed by atoms with Crippen LogP contribution in [0.1, 0.15) is 51.7 Å². The molecule has 0 bridgehead atoms. The van der Waals surface area contributed by atoms with Gasteiger partial charge >= 0.3 is 5.97 Å². The lowest BCUT2D eigenvalue weighted by molar-refractivity contribution is -0.147. The van der Waals surface area contributed by atoms with Crippen LogP contribution in [0.15, 0.2) is 54.6 Å². The number of hydrogen-bond donors (Lipinski definition) is 0. The number of esters is 1. The highest BCUT2D eigenvalue weighted by Crippen LogP contribution is 2.22. The lowest BCUT2D eigenvalue weighted by Crippen LogP contribution is -2.45. The van der Waals surface area contributed by atoms with Gasteiger partial charge in [0.2, 0.25) is 5.91 Å². The number of benzene rings is 2. The quantitative estimate of drug-likeness (QED) is 0.574. The monoisotopic (exact) mass is 397 g/mol. The minimum absolute atomic E-state index is 0.0684. The molecule has 0 aliphatic carbocycles. The minimum Gasteiger partial charge on any atom is -0.489 e. The molecule has 0 atom stereocenters. The van der Waals surface area contributed by atoms with Crippen molar-refractivity contribution in [3.8, 4) is 5.75 Å². The van der Waals surface area contributed by atoms with Gasteiger partial charge in [-0.3, -0.25) is 9.59 Å². The Morgan fingerprint density at radius 3 is 2.28 bits per heavy atom. The van der Waals surface area contributed by atoms with E-state index in [9.17, 15) is 9.59 Å². The van der Waals surface area contributed by atoms with E-state index < -0.39 is 0 Å². The average Bonchev–Trinajstić information content (AvgIpc) is 2.69. The maximum Gasteiger partial charge on any atom is 0.306 e. The van der Waals surface area contributed by atoms with E-state index >= 15 is 0 Å². The molecule has 2 rings (SSSR count). The van der Waals surface area contributed by atoms with Crippen molar-refractivity contribution in [1.29, 1.82) is 0 Å². The van der Waals surface area contributed by atoms with E-state index in [1.54, 1.807) is 11.8 Å². The van der Waals surface area contributed by atoms with Gasteiger partial charge in [-0.15, -0.1) is 0 Å². The SMILES string of the molecule is CCOC(=O)CCC(=O)N(Cc1cccc(OCc2ccccc2)c1)C(C)(C)C. The summed E-state index contributed by atoms with van der Waals surface area (Å²) in [5.74, 6) is 0.353. The normalized spacial score (nSPS) is 11.0. The van der Waals surface area contributed by atoms with Crippen molar-refractivity contribution in [3.05, 3.63) is 65.7 Å². The van der Waals surface area contributed by atoms with E-state index in [2.05, 4.69) is 0 Å². The van der Waals surface area contributed by atoms with Crippen LogP contribution in [0.2, 0.25) is 0 Å². The summed E-state index contributed by atoms with van der Waals surface area (Å²) in [6.45, 7) is 9.00. The largest absolute Gasteiger partial charge is 0.489 e. The van der Waals surface area contributed by atoms with Crippen LogP contribution in [0.5, 0.6) is 5.75 Å². The van der Waals surface area contributed by atoms with Crippen LogP contribution in [-0.4, -0.2) is 28.9 Å². The molecule has 0 unspecified atom stereocenters. The second-order valence-corrected chi connectivity index (χ2v) is 7.88. The Bertz CT molecular complexity index is 796. The van der Waals surface area contributed by atoms with E-state index in [1.165, 1.54) is 0 Å². The molecule has 0 aliphatic rings. The summed E-state index contributed by atoms with van der Waals surface area (Å²) < 4.78 is 10.8. The van der Waals surface area contributed by atoms with E-state index in [1.807, 2.05) is 75.4 Å². The van der Waals surface area contributed by atoms with Crippen LogP contribution in [-0.2, 0) is 27.5 Å². The summed E-state index contributed by atoms with van der Waals surface area (Å²) >= 11 is 0. The first-order valence-electron chi connectivity index (χ1n) is 10.0. The van der Waals surface area contributed by atoms with Gasteiger partial charge < -0.3 is 14.4 Å². The van der Waals surface area contributed by atoms with E-state index in [4.69, 9.17) is 9.47 Å². The molecule has 5 heteroatoms. The molecule has 0 aromatic heterocycles. The number of hydrogen-bond acceptors (Lipinski definition) is 4. The van der Waals surface area contributed by atoms with Crippen LogP contribution in [0.4, 0.5) is 0 Å². The molecule has 0 saturated carbocycles. The molecule has 2 aromatic carbocycles. The van der Waals surface area contributed by atoms with Gasteiger partial charge in [0.05, 0.1) is 13.0 Å². The van der Waals surface area contributed by atoms with Gasteiger partial charge in [0, 0.05) is 18.5 Å². The molecule has 0 radical (unpaired) electrons. The van der Waals surface area contributed by atoms with Gasteiger partial charge in [0.25, 0.3) is 0 Å². The second kappa shape index (κ2) is 10.6. The first-order valence-corrected chi connectivity index (χ1v) is 10.0. The fourth-order valence-corrected chi connectivity index (χ4v) is 2.93. The third-order valence-electron chi connectivity index (χ3n) is 4.45. The predicted molar refractivity (Wildman–Crippen MR) is 113 cm³/mol. The van der Waals surface area contributed by atoms with Crippen molar-refractivity contribution in [1.82, 2.24) is 4.90 Å². The Labute approximate surface area is 173 Å². The summed E-state index contributed by atoms with van der Waals surface area (Å²) in [7, 11) is 0. The molecule has 5 nitrogen and oxygen atoms in total. The standard InChI is InChI=1S/C24H31NO4/c1-5-28-23(27)15-14-22(26)25(24(2,3)4)17-20-12-9-13-21(16-20)29-18-19-10-7-6-8-11-19/h6-13,16H,5,14-15,17-18H2,1-4H3. The Kier molecular flexibility index (Phi) is 8.25. The zero-order chi connectivity index (χ0) is 21.3. The molecular weight excluding hydrogens is 366 g/mol. The smallest absolute Gasteiger partial charge is 0.306 e. The zero-order valence-corrected chi connectivity index (χ0v) is 17.8. The van der Waals surface area contributed by atoms with Crippen molar-refractivity contribution >= 4 is 11.9 Å².